The van der Waals surface area contributed by atoms with Crippen molar-refractivity contribution in [3.63, 3.8) is 0 Å². The second kappa shape index (κ2) is 8.16. The van der Waals surface area contributed by atoms with E-state index < -0.39 is 9.84 Å². The normalized spacial score (nSPS) is 12.6. The molecule has 1 N–H and O–H groups in total. The number of sulfone groups is 1. The predicted molar refractivity (Wildman–Crippen MR) is 97.2 cm³/mol. The highest BCUT2D eigenvalue weighted by atomic mass is 32.2. The first-order valence-corrected chi connectivity index (χ1v) is 9.94. The zero-order valence-electron chi connectivity index (χ0n) is 14.6. The summed E-state index contributed by atoms with van der Waals surface area (Å²) >= 11 is 0. The van der Waals surface area contributed by atoms with Crippen LogP contribution in [0.4, 0.5) is 0 Å². The van der Waals surface area contributed by atoms with E-state index in [-0.39, 0.29) is 29.4 Å². The second-order valence-electron chi connectivity index (χ2n) is 6.23. The minimum absolute atomic E-state index is 0.0927. The minimum atomic E-state index is -3.24. The van der Waals surface area contributed by atoms with Gasteiger partial charge in [-0.3, -0.25) is 4.79 Å². The maximum atomic E-state index is 12.2. The summed E-state index contributed by atoms with van der Waals surface area (Å²) in [6, 6.07) is 15.7. The first-order chi connectivity index (χ1) is 11.8. The molecule has 2 rings (SSSR count). The molecule has 0 fully saturated rings. The number of rotatable bonds is 7. The van der Waals surface area contributed by atoms with E-state index in [0.717, 1.165) is 11.8 Å². The lowest BCUT2D eigenvalue weighted by molar-refractivity contribution is -0.124. The van der Waals surface area contributed by atoms with Crippen LogP contribution in [0.2, 0.25) is 0 Å². The van der Waals surface area contributed by atoms with Gasteiger partial charge in [-0.2, -0.15) is 0 Å². The van der Waals surface area contributed by atoms with Gasteiger partial charge in [-0.05, 0) is 35.7 Å². The molecule has 0 aliphatic rings. The van der Waals surface area contributed by atoms with Crippen LogP contribution < -0.4 is 10.1 Å². The number of hydrogen-bond donors (Lipinski definition) is 1. The highest BCUT2D eigenvalue weighted by Crippen LogP contribution is 2.21. The fourth-order valence-electron chi connectivity index (χ4n) is 2.44. The van der Waals surface area contributed by atoms with Gasteiger partial charge in [-0.1, -0.05) is 44.2 Å². The fraction of sp³-hybridized carbons (Fsp3) is 0.316. The summed E-state index contributed by atoms with van der Waals surface area (Å²) in [5.41, 5.74) is 1.04. The van der Waals surface area contributed by atoms with Crippen molar-refractivity contribution in [2.75, 3.05) is 12.9 Å². The van der Waals surface area contributed by atoms with Gasteiger partial charge in [0.1, 0.15) is 5.75 Å². The molecule has 1 unspecified atom stereocenters. The Balaban J connectivity index is 1.95. The van der Waals surface area contributed by atoms with Gasteiger partial charge in [0.25, 0.3) is 5.91 Å². The van der Waals surface area contributed by atoms with Crippen LogP contribution in [0.1, 0.15) is 25.5 Å². The summed E-state index contributed by atoms with van der Waals surface area (Å²) in [5, 5.41) is 2.98. The van der Waals surface area contributed by atoms with E-state index in [1.165, 1.54) is 12.1 Å². The first-order valence-electron chi connectivity index (χ1n) is 8.04. The maximum absolute atomic E-state index is 12.2. The third-order valence-electron chi connectivity index (χ3n) is 3.76. The average molecular weight is 361 g/mol. The van der Waals surface area contributed by atoms with E-state index in [0.29, 0.717) is 5.75 Å². The molecule has 0 aliphatic carbocycles. The third kappa shape index (κ3) is 5.60. The van der Waals surface area contributed by atoms with Crippen LogP contribution >= 0.6 is 0 Å². The zero-order valence-corrected chi connectivity index (χ0v) is 15.4. The molecule has 134 valence electrons. The van der Waals surface area contributed by atoms with Gasteiger partial charge in [0.2, 0.25) is 0 Å². The van der Waals surface area contributed by atoms with Crippen molar-refractivity contribution in [3.8, 4) is 5.75 Å². The summed E-state index contributed by atoms with van der Waals surface area (Å²) in [6.07, 6.45) is 1.14. The molecule has 0 heterocycles. The van der Waals surface area contributed by atoms with Crippen molar-refractivity contribution < 1.29 is 17.9 Å². The Labute approximate surface area is 148 Å². The predicted octanol–water partition coefficient (Wildman–Crippen LogP) is 2.98. The Morgan fingerprint density at radius 1 is 1.04 bits per heavy atom. The quantitative estimate of drug-likeness (QED) is 0.823. The molecule has 2 aromatic rings. The van der Waals surface area contributed by atoms with Crippen LogP contribution in [0.15, 0.2) is 59.5 Å². The smallest absolute Gasteiger partial charge is 0.258 e. The standard InChI is InChI=1S/C19H23NO4S/c1-14(2)19(15-7-5-4-6-8-15)20-18(21)13-24-16-9-11-17(12-10-16)25(3,22)23/h4-12,14,19H,13H2,1-3H3,(H,20,21). The van der Waals surface area contributed by atoms with Gasteiger partial charge in [0.05, 0.1) is 10.9 Å². The van der Waals surface area contributed by atoms with Crippen molar-refractivity contribution in [2.24, 2.45) is 5.92 Å². The van der Waals surface area contributed by atoms with E-state index in [1.54, 1.807) is 12.1 Å². The molecule has 2 aromatic carbocycles. The Kier molecular flexibility index (Phi) is 6.20. The maximum Gasteiger partial charge on any atom is 0.258 e. The van der Waals surface area contributed by atoms with E-state index in [4.69, 9.17) is 4.74 Å². The Bertz CT molecular complexity index is 799. The Hall–Kier alpha value is -2.34. The van der Waals surface area contributed by atoms with Crippen LogP contribution in [0.25, 0.3) is 0 Å². The molecule has 0 saturated heterocycles. The fourth-order valence-corrected chi connectivity index (χ4v) is 3.07. The first kappa shape index (κ1) is 19.0. The van der Waals surface area contributed by atoms with Crippen molar-refractivity contribution in [2.45, 2.75) is 24.8 Å². The number of ether oxygens (including phenoxy) is 1. The largest absolute Gasteiger partial charge is 0.484 e. The van der Waals surface area contributed by atoms with Crippen LogP contribution in [-0.2, 0) is 14.6 Å². The average Bonchev–Trinajstić information content (AvgIpc) is 2.58. The highest BCUT2D eigenvalue weighted by molar-refractivity contribution is 7.90. The molecule has 1 amide bonds. The molecule has 0 bridgehead atoms. The minimum Gasteiger partial charge on any atom is -0.484 e. The number of amides is 1. The number of carbonyl (C=O) groups excluding carboxylic acids is 1. The molecule has 0 spiro atoms. The summed E-state index contributed by atoms with van der Waals surface area (Å²) in [7, 11) is -3.24. The number of carbonyl (C=O) groups is 1. The Morgan fingerprint density at radius 2 is 1.64 bits per heavy atom. The Morgan fingerprint density at radius 3 is 2.16 bits per heavy atom. The van der Waals surface area contributed by atoms with E-state index >= 15 is 0 Å². The molecule has 25 heavy (non-hydrogen) atoms. The molecule has 1 atom stereocenters. The number of benzene rings is 2. The molecule has 6 heteroatoms. The van der Waals surface area contributed by atoms with E-state index in [2.05, 4.69) is 5.32 Å². The second-order valence-corrected chi connectivity index (χ2v) is 8.25. The monoisotopic (exact) mass is 361 g/mol. The van der Waals surface area contributed by atoms with Crippen molar-refractivity contribution in [1.29, 1.82) is 0 Å². The van der Waals surface area contributed by atoms with Crippen LogP contribution in [-0.4, -0.2) is 27.2 Å². The molecule has 5 nitrogen and oxygen atoms in total. The lowest BCUT2D eigenvalue weighted by Gasteiger charge is -2.23. The van der Waals surface area contributed by atoms with Crippen LogP contribution in [0.3, 0.4) is 0 Å². The summed E-state index contributed by atoms with van der Waals surface area (Å²) < 4.78 is 28.3. The molecule has 0 aliphatic heterocycles. The summed E-state index contributed by atoms with van der Waals surface area (Å²) in [4.78, 5) is 12.4. The van der Waals surface area contributed by atoms with Gasteiger partial charge in [-0.15, -0.1) is 0 Å². The lowest BCUT2D eigenvalue weighted by Crippen LogP contribution is -2.35. The molecule has 0 aromatic heterocycles. The van der Waals surface area contributed by atoms with E-state index in [9.17, 15) is 13.2 Å². The van der Waals surface area contributed by atoms with Gasteiger partial charge in [0, 0.05) is 6.26 Å². The highest BCUT2D eigenvalue weighted by Gasteiger charge is 2.18. The van der Waals surface area contributed by atoms with Crippen LogP contribution in [0, 0.1) is 5.92 Å². The topological polar surface area (TPSA) is 72.5 Å². The third-order valence-corrected chi connectivity index (χ3v) is 4.89. The van der Waals surface area contributed by atoms with Gasteiger partial charge >= 0.3 is 0 Å². The van der Waals surface area contributed by atoms with Gasteiger partial charge in [0.15, 0.2) is 16.4 Å². The summed E-state index contributed by atoms with van der Waals surface area (Å²) in [5.74, 6) is 0.457. The van der Waals surface area contributed by atoms with Crippen molar-refractivity contribution in [1.82, 2.24) is 5.32 Å². The van der Waals surface area contributed by atoms with Gasteiger partial charge < -0.3 is 10.1 Å². The molecular weight excluding hydrogens is 338 g/mol. The van der Waals surface area contributed by atoms with Crippen molar-refractivity contribution in [3.05, 3.63) is 60.2 Å². The number of nitrogens with one attached hydrogen (secondary N) is 1. The number of hydrogen-bond acceptors (Lipinski definition) is 4. The van der Waals surface area contributed by atoms with E-state index in [1.807, 2.05) is 44.2 Å². The zero-order chi connectivity index (χ0) is 18.4. The SMILES string of the molecule is CC(C)C(NC(=O)COc1ccc(S(C)(=O)=O)cc1)c1ccccc1. The lowest BCUT2D eigenvalue weighted by atomic mass is 9.96. The van der Waals surface area contributed by atoms with Gasteiger partial charge in [-0.25, -0.2) is 8.42 Å². The summed E-state index contributed by atoms with van der Waals surface area (Å²) in [6.45, 7) is 3.96. The van der Waals surface area contributed by atoms with Crippen LogP contribution in [0.5, 0.6) is 5.75 Å². The molecule has 0 radical (unpaired) electrons. The van der Waals surface area contributed by atoms with Crippen molar-refractivity contribution >= 4 is 15.7 Å². The molecule has 0 saturated carbocycles. The molecular formula is C19H23NO4S.